The van der Waals surface area contributed by atoms with Crippen molar-refractivity contribution >= 4 is 11.9 Å². The first-order valence-corrected chi connectivity index (χ1v) is 5.51. The van der Waals surface area contributed by atoms with Crippen molar-refractivity contribution < 1.29 is 14.3 Å². The van der Waals surface area contributed by atoms with E-state index < -0.39 is 0 Å². The van der Waals surface area contributed by atoms with E-state index in [2.05, 4.69) is 0 Å². The van der Waals surface area contributed by atoms with Crippen LogP contribution in [-0.2, 0) is 14.3 Å². The fraction of sp³-hybridized carbons (Fsp3) is 0.818. The molecule has 0 bridgehead atoms. The van der Waals surface area contributed by atoms with Crippen LogP contribution in [-0.4, -0.2) is 62.5 Å². The van der Waals surface area contributed by atoms with E-state index in [-0.39, 0.29) is 11.9 Å². The highest BCUT2D eigenvalue weighted by molar-refractivity contribution is 5.77. The van der Waals surface area contributed by atoms with E-state index in [9.17, 15) is 9.59 Å². The molecule has 1 amide bonds. The quantitative estimate of drug-likeness (QED) is 0.592. The lowest BCUT2D eigenvalue weighted by molar-refractivity contribution is -0.143. The molecule has 0 aliphatic rings. The number of likely N-dealkylation sites (N-methyl/N-ethyl adjacent to an activating group) is 2. The van der Waals surface area contributed by atoms with Gasteiger partial charge in [-0.25, -0.2) is 0 Å². The van der Waals surface area contributed by atoms with Gasteiger partial charge in [0.25, 0.3) is 0 Å². The molecule has 16 heavy (non-hydrogen) atoms. The molecule has 0 unspecified atom stereocenters. The van der Waals surface area contributed by atoms with Gasteiger partial charge in [-0.2, -0.15) is 0 Å². The van der Waals surface area contributed by atoms with Crippen LogP contribution in [0.25, 0.3) is 0 Å². The summed E-state index contributed by atoms with van der Waals surface area (Å²) < 4.78 is 4.81. The van der Waals surface area contributed by atoms with Gasteiger partial charge in [-0.15, -0.1) is 0 Å². The Bertz CT molecular complexity index is 229. The molecule has 94 valence electrons. The lowest BCUT2D eigenvalue weighted by Gasteiger charge is -2.18. The van der Waals surface area contributed by atoms with Crippen LogP contribution in [0.4, 0.5) is 0 Å². The van der Waals surface area contributed by atoms with Gasteiger partial charge in [0, 0.05) is 20.5 Å². The molecule has 0 aromatic rings. The first-order chi connectivity index (χ1) is 7.47. The zero-order chi connectivity index (χ0) is 12.6. The lowest BCUT2D eigenvalue weighted by atomic mass is 10.3. The van der Waals surface area contributed by atoms with Crippen molar-refractivity contribution in [3.63, 3.8) is 0 Å². The molecule has 0 N–H and O–H groups in total. The summed E-state index contributed by atoms with van der Waals surface area (Å²) >= 11 is 0. The summed E-state index contributed by atoms with van der Waals surface area (Å²) in [5.41, 5.74) is 0. The number of hydrogen-bond donors (Lipinski definition) is 0. The second-order valence-corrected chi connectivity index (χ2v) is 3.93. The number of carbonyl (C=O) groups is 2. The zero-order valence-electron chi connectivity index (χ0n) is 10.7. The first kappa shape index (κ1) is 14.9. The summed E-state index contributed by atoms with van der Waals surface area (Å²) in [6.45, 7) is 3.32. The molecule has 0 saturated heterocycles. The maximum Gasteiger partial charge on any atom is 0.305 e. The van der Waals surface area contributed by atoms with Crippen molar-refractivity contribution in [3.8, 4) is 0 Å². The summed E-state index contributed by atoms with van der Waals surface area (Å²) in [5.74, 6) is -0.103. The Hall–Kier alpha value is -1.10. The molecule has 0 fully saturated rings. The van der Waals surface area contributed by atoms with Gasteiger partial charge in [-0.1, -0.05) is 0 Å². The Labute approximate surface area is 97.3 Å². The smallest absolute Gasteiger partial charge is 0.305 e. The van der Waals surface area contributed by atoms with Crippen LogP contribution in [0.15, 0.2) is 0 Å². The van der Waals surface area contributed by atoms with Crippen molar-refractivity contribution in [2.75, 3.05) is 40.8 Å². The molecular formula is C11H22N2O3. The second kappa shape index (κ2) is 8.10. The van der Waals surface area contributed by atoms with Crippen molar-refractivity contribution in [1.82, 2.24) is 9.80 Å². The molecule has 5 nitrogen and oxygen atoms in total. The highest BCUT2D eigenvalue weighted by Crippen LogP contribution is 1.96. The number of rotatable bonds is 7. The molecule has 0 heterocycles. The maximum absolute atomic E-state index is 11.3. The van der Waals surface area contributed by atoms with Gasteiger partial charge in [0.15, 0.2) is 0 Å². The summed E-state index contributed by atoms with van der Waals surface area (Å²) in [6, 6.07) is 0. The Morgan fingerprint density at radius 2 is 1.81 bits per heavy atom. The van der Waals surface area contributed by atoms with Gasteiger partial charge in [0.05, 0.1) is 13.2 Å². The number of carbonyl (C=O) groups excluding carboxylic acids is 2. The fourth-order valence-electron chi connectivity index (χ4n) is 1.18. The van der Waals surface area contributed by atoms with Gasteiger partial charge in [0.2, 0.25) is 5.91 Å². The number of hydrogen-bond acceptors (Lipinski definition) is 4. The van der Waals surface area contributed by atoms with Crippen LogP contribution < -0.4 is 0 Å². The number of amides is 1. The van der Waals surface area contributed by atoms with Crippen LogP contribution in [0, 0.1) is 0 Å². The number of esters is 1. The second-order valence-electron chi connectivity index (χ2n) is 3.93. The van der Waals surface area contributed by atoms with Crippen LogP contribution in [0.2, 0.25) is 0 Å². The number of nitrogens with zero attached hydrogens (tertiary/aromatic N) is 2. The highest BCUT2D eigenvalue weighted by atomic mass is 16.5. The van der Waals surface area contributed by atoms with Crippen LogP contribution in [0.3, 0.4) is 0 Å². The molecule has 0 aromatic heterocycles. The zero-order valence-corrected chi connectivity index (χ0v) is 10.7. The third kappa shape index (κ3) is 7.23. The molecule has 0 rings (SSSR count). The minimum Gasteiger partial charge on any atom is -0.466 e. The van der Waals surface area contributed by atoms with Gasteiger partial charge in [0.1, 0.15) is 0 Å². The Morgan fingerprint density at radius 1 is 1.19 bits per heavy atom. The van der Waals surface area contributed by atoms with Crippen molar-refractivity contribution in [3.05, 3.63) is 0 Å². The van der Waals surface area contributed by atoms with Gasteiger partial charge >= 0.3 is 5.97 Å². The lowest BCUT2D eigenvalue weighted by Crippen LogP contribution is -2.34. The van der Waals surface area contributed by atoms with E-state index in [0.29, 0.717) is 19.6 Å². The normalized spacial score (nSPS) is 10.3. The Morgan fingerprint density at radius 3 is 2.31 bits per heavy atom. The van der Waals surface area contributed by atoms with E-state index in [0.717, 1.165) is 13.0 Å². The van der Waals surface area contributed by atoms with E-state index in [1.165, 1.54) is 0 Å². The molecule has 0 aromatic carbocycles. The summed E-state index contributed by atoms with van der Waals surface area (Å²) in [6.07, 6.45) is 1.13. The van der Waals surface area contributed by atoms with Gasteiger partial charge < -0.3 is 9.64 Å². The third-order valence-electron chi connectivity index (χ3n) is 2.13. The van der Waals surface area contributed by atoms with Gasteiger partial charge in [-0.3, -0.25) is 14.5 Å². The topological polar surface area (TPSA) is 49.9 Å². The van der Waals surface area contributed by atoms with Gasteiger partial charge in [-0.05, 0) is 26.9 Å². The SMILES string of the molecule is CCOC(=O)CCCN(C)CC(=O)N(C)C. The summed E-state index contributed by atoms with van der Waals surface area (Å²) in [4.78, 5) is 25.8. The average molecular weight is 230 g/mol. The maximum atomic E-state index is 11.3. The molecule has 0 saturated carbocycles. The molecule has 5 heteroatoms. The van der Waals surface area contributed by atoms with E-state index >= 15 is 0 Å². The molecule has 0 aliphatic carbocycles. The van der Waals surface area contributed by atoms with E-state index in [1.54, 1.807) is 25.9 Å². The van der Waals surface area contributed by atoms with Crippen molar-refractivity contribution in [1.29, 1.82) is 0 Å². The molecule has 0 atom stereocenters. The fourth-order valence-corrected chi connectivity index (χ4v) is 1.18. The van der Waals surface area contributed by atoms with Crippen molar-refractivity contribution in [2.45, 2.75) is 19.8 Å². The van der Waals surface area contributed by atoms with Crippen LogP contribution in [0.5, 0.6) is 0 Å². The molecule has 0 spiro atoms. The molecule has 0 aliphatic heterocycles. The predicted molar refractivity (Wildman–Crippen MR) is 62.1 cm³/mol. The minimum atomic E-state index is -0.171. The predicted octanol–water partition coefficient (Wildman–Crippen LogP) is 0.350. The third-order valence-corrected chi connectivity index (χ3v) is 2.13. The summed E-state index contributed by atoms with van der Waals surface area (Å²) in [7, 11) is 5.33. The van der Waals surface area contributed by atoms with E-state index in [4.69, 9.17) is 4.74 Å². The molecular weight excluding hydrogens is 208 g/mol. The highest BCUT2D eigenvalue weighted by Gasteiger charge is 2.09. The van der Waals surface area contributed by atoms with E-state index in [1.807, 2.05) is 11.9 Å². The Kier molecular flexibility index (Phi) is 7.54. The first-order valence-electron chi connectivity index (χ1n) is 5.51. The minimum absolute atomic E-state index is 0.0682. The summed E-state index contributed by atoms with van der Waals surface area (Å²) in [5, 5.41) is 0. The van der Waals surface area contributed by atoms with Crippen LogP contribution >= 0.6 is 0 Å². The average Bonchev–Trinajstić information content (AvgIpc) is 2.17. The standard InChI is InChI=1S/C11H22N2O3/c1-5-16-11(15)7-6-8-13(4)9-10(14)12(2)3/h5-9H2,1-4H3. The van der Waals surface area contributed by atoms with Crippen molar-refractivity contribution in [2.24, 2.45) is 0 Å². The largest absolute Gasteiger partial charge is 0.466 e. The van der Waals surface area contributed by atoms with Crippen LogP contribution in [0.1, 0.15) is 19.8 Å². The monoisotopic (exact) mass is 230 g/mol. The molecule has 0 radical (unpaired) electrons. The Balaban J connectivity index is 3.62. The number of ether oxygens (including phenoxy) is 1.